The molecule has 0 unspecified atom stereocenters. The third kappa shape index (κ3) is 3.81. The van der Waals surface area contributed by atoms with Crippen LogP contribution >= 0.6 is 23.6 Å². The summed E-state index contributed by atoms with van der Waals surface area (Å²) in [7, 11) is 0. The van der Waals surface area contributed by atoms with Gasteiger partial charge in [0.15, 0.2) is 0 Å². The fourth-order valence-electron chi connectivity index (χ4n) is 0.749. The van der Waals surface area contributed by atoms with Gasteiger partial charge in [-0.1, -0.05) is 18.2 Å². The molecular formula is C8H9Cl2NO. The average Bonchev–Trinajstić information content (AvgIpc) is 2.05. The highest BCUT2D eigenvalue weighted by Gasteiger charge is 1.95. The number of halogens is 2. The molecule has 12 heavy (non-hydrogen) atoms. The van der Waals surface area contributed by atoms with Crippen molar-refractivity contribution in [2.24, 2.45) is 0 Å². The first-order valence-electron chi connectivity index (χ1n) is 3.56. The van der Waals surface area contributed by atoms with Crippen LogP contribution < -0.4 is 4.74 Å². The second-order valence-electron chi connectivity index (χ2n) is 2.19. The van der Waals surface area contributed by atoms with E-state index in [-0.39, 0.29) is 0 Å². The Morgan fingerprint density at radius 2 is 1.83 bits per heavy atom. The van der Waals surface area contributed by atoms with Crippen LogP contribution in [0.1, 0.15) is 0 Å². The maximum absolute atomic E-state index is 5.36. The van der Waals surface area contributed by atoms with Crippen molar-refractivity contribution in [2.45, 2.75) is 0 Å². The van der Waals surface area contributed by atoms with Gasteiger partial charge in [-0.25, -0.2) is 0 Å². The van der Waals surface area contributed by atoms with E-state index in [4.69, 9.17) is 28.3 Å². The average molecular weight is 206 g/mol. The van der Waals surface area contributed by atoms with Crippen molar-refractivity contribution in [2.75, 3.05) is 13.2 Å². The van der Waals surface area contributed by atoms with E-state index in [0.717, 1.165) is 9.69 Å². The smallest absolute Gasteiger partial charge is 0.119 e. The molecule has 0 saturated carbocycles. The van der Waals surface area contributed by atoms with Gasteiger partial charge in [0.2, 0.25) is 0 Å². The highest BCUT2D eigenvalue weighted by Crippen LogP contribution is 2.08. The van der Waals surface area contributed by atoms with Crippen molar-refractivity contribution in [3.05, 3.63) is 30.3 Å². The zero-order chi connectivity index (χ0) is 8.81. The molecule has 1 aromatic rings. The van der Waals surface area contributed by atoms with Gasteiger partial charge in [-0.15, -0.1) is 3.94 Å². The molecule has 0 aliphatic carbocycles. The quantitative estimate of drug-likeness (QED) is 0.702. The van der Waals surface area contributed by atoms with Crippen molar-refractivity contribution in [1.82, 2.24) is 3.94 Å². The fraction of sp³-hybridized carbons (Fsp3) is 0.250. The van der Waals surface area contributed by atoms with E-state index in [0.29, 0.717) is 13.2 Å². The Morgan fingerprint density at radius 1 is 1.17 bits per heavy atom. The summed E-state index contributed by atoms with van der Waals surface area (Å²) in [5.74, 6) is 0.827. The minimum absolute atomic E-state index is 0.483. The van der Waals surface area contributed by atoms with Gasteiger partial charge >= 0.3 is 0 Å². The number of benzene rings is 1. The van der Waals surface area contributed by atoms with Crippen LogP contribution in [0.25, 0.3) is 0 Å². The Kier molecular flexibility index (Phi) is 4.22. The van der Waals surface area contributed by atoms with Gasteiger partial charge < -0.3 is 4.74 Å². The standard InChI is InChI=1S/C8H9Cl2NO/c9-11(10)6-7-12-8-4-2-1-3-5-8/h1-5H,6-7H2. The highest BCUT2D eigenvalue weighted by atomic mass is 35.5. The highest BCUT2D eigenvalue weighted by molar-refractivity contribution is 6.33. The molecule has 0 fully saturated rings. The minimum Gasteiger partial charge on any atom is -0.492 e. The molecule has 0 amide bonds. The van der Waals surface area contributed by atoms with Crippen LogP contribution in [-0.2, 0) is 0 Å². The van der Waals surface area contributed by atoms with Crippen molar-refractivity contribution < 1.29 is 4.74 Å². The fourth-order valence-corrected chi connectivity index (χ4v) is 0.887. The van der Waals surface area contributed by atoms with Gasteiger partial charge in [-0.2, -0.15) is 0 Å². The number of hydrogen-bond donors (Lipinski definition) is 0. The van der Waals surface area contributed by atoms with Crippen LogP contribution in [0.5, 0.6) is 5.75 Å². The van der Waals surface area contributed by atoms with Crippen LogP contribution in [0.4, 0.5) is 0 Å². The van der Waals surface area contributed by atoms with Gasteiger partial charge in [0, 0.05) is 0 Å². The van der Waals surface area contributed by atoms with Crippen LogP contribution in [-0.4, -0.2) is 17.1 Å². The van der Waals surface area contributed by atoms with Crippen molar-refractivity contribution >= 4 is 23.6 Å². The summed E-state index contributed by atoms with van der Waals surface area (Å²) in [5.41, 5.74) is 0. The first kappa shape index (κ1) is 9.65. The van der Waals surface area contributed by atoms with Crippen molar-refractivity contribution in [3.63, 3.8) is 0 Å². The monoisotopic (exact) mass is 205 g/mol. The van der Waals surface area contributed by atoms with Gasteiger partial charge in [0.25, 0.3) is 0 Å². The van der Waals surface area contributed by atoms with Crippen molar-refractivity contribution in [1.29, 1.82) is 0 Å². The summed E-state index contributed by atoms with van der Waals surface area (Å²) < 4.78 is 6.35. The van der Waals surface area contributed by atoms with Crippen LogP contribution in [0.3, 0.4) is 0 Å². The van der Waals surface area contributed by atoms with E-state index < -0.39 is 0 Å². The Hall–Kier alpha value is -0.440. The lowest BCUT2D eigenvalue weighted by atomic mass is 10.3. The molecule has 0 bridgehead atoms. The molecule has 0 N–H and O–H groups in total. The molecule has 2 nitrogen and oxygen atoms in total. The zero-order valence-electron chi connectivity index (χ0n) is 6.41. The second-order valence-corrected chi connectivity index (χ2v) is 3.18. The molecular weight excluding hydrogens is 197 g/mol. The Bertz CT molecular complexity index is 216. The lowest BCUT2D eigenvalue weighted by molar-refractivity contribution is 0.307. The molecule has 66 valence electrons. The van der Waals surface area contributed by atoms with Gasteiger partial charge in [0.1, 0.15) is 12.4 Å². The number of para-hydroxylation sites is 1. The lowest BCUT2D eigenvalue weighted by Crippen LogP contribution is -2.10. The Morgan fingerprint density at radius 3 is 2.42 bits per heavy atom. The summed E-state index contributed by atoms with van der Waals surface area (Å²) in [4.78, 5) is 0. The summed E-state index contributed by atoms with van der Waals surface area (Å²) in [6.07, 6.45) is 0. The third-order valence-electron chi connectivity index (χ3n) is 1.27. The maximum atomic E-state index is 5.36. The molecule has 4 heteroatoms. The molecule has 0 aliphatic heterocycles. The summed E-state index contributed by atoms with van der Waals surface area (Å²) >= 11 is 10.7. The first-order chi connectivity index (χ1) is 5.79. The van der Waals surface area contributed by atoms with Gasteiger partial charge in [-0.05, 0) is 35.7 Å². The lowest BCUT2D eigenvalue weighted by Gasteiger charge is -2.06. The normalized spacial score (nSPS) is 10.2. The Balaban J connectivity index is 2.25. The largest absolute Gasteiger partial charge is 0.492 e. The van der Waals surface area contributed by atoms with E-state index in [2.05, 4.69) is 0 Å². The molecule has 0 heterocycles. The van der Waals surface area contributed by atoms with E-state index in [1.165, 1.54) is 0 Å². The van der Waals surface area contributed by atoms with Crippen LogP contribution in [0, 0.1) is 0 Å². The topological polar surface area (TPSA) is 12.5 Å². The van der Waals surface area contributed by atoms with Gasteiger partial charge in [0.05, 0.1) is 6.54 Å². The Labute approximate surface area is 81.9 Å². The summed E-state index contributed by atoms with van der Waals surface area (Å²) in [6, 6.07) is 9.52. The van der Waals surface area contributed by atoms with E-state index in [1.807, 2.05) is 30.3 Å². The third-order valence-corrected chi connectivity index (χ3v) is 1.61. The molecule has 0 atom stereocenters. The second kappa shape index (κ2) is 5.25. The molecule has 1 rings (SSSR count). The molecule has 1 aromatic carbocycles. The molecule has 0 aromatic heterocycles. The molecule has 0 saturated heterocycles. The van der Waals surface area contributed by atoms with Crippen LogP contribution in [0.2, 0.25) is 0 Å². The van der Waals surface area contributed by atoms with Gasteiger partial charge in [-0.3, -0.25) is 0 Å². The predicted octanol–water partition coefficient (Wildman–Crippen LogP) is 2.68. The number of hydrogen-bond acceptors (Lipinski definition) is 2. The SMILES string of the molecule is ClN(Cl)CCOc1ccccc1. The van der Waals surface area contributed by atoms with E-state index in [9.17, 15) is 0 Å². The molecule has 0 radical (unpaired) electrons. The maximum Gasteiger partial charge on any atom is 0.119 e. The van der Waals surface area contributed by atoms with Crippen LogP contribution in [0.15, 0.2) is 30.3 Å². The number of nitrogens with zero attached hydrogens (tertiary/aromatic N) is 1. The summed E-state index contributed by atoms with van der Waals surface area (Å²) in [6.45, 7) is 0.967. The number of rotatable bonds is 4. The van der Waals surface area contributed by atoms with E-state index in [1.54, 1.807) is 0 Å². The first-order valence-corrected chi connectivity index (χ1v) is 4.23. The predicted molar refractivity (Wildman–Crippen MR) is 50.3 cm³/mol. The number of ether oxygens (including phenoxy) is 1. The minimum atomic E-state index is 0.483. The van der Waals surface area contributed by atoms with E-state index >= 15 is 0 Å². The molecule has 0 spiro atoms. The molecule has 0 aliphatic rings. The van der Waals surface area contributed by atoms with Crippen molar-refractivity contribution in [3.8, 4) is 5.75 Å². The summed E-state index contributed by atoms with van der Waals surface area (Å²) in [5, 5.41) is 0. The zero-order valence-corrected chi connectivity index (χ0v) is 7.92.